The molecule has 3 N–H and O–H groups in total. The molecule has 0 aliphatic heterocycles. The Hall–Kier alpha value is -1.08. The summed E-state index contributed by atoms with van der Waals surface area (Å²) in [7, 11) is 0. The van der Waals surface area contributed by atoms with Crippen molar-refractivity contribution in [3.8, 4) is 0 Å². The van der Waals surface area contributed by atoms with Crippen molar-refractivity contribution in [2.45, 2.75) is 25.3 Å². The number of benzene rings is 1. The molecule has 0 spiro atoms. The molecule has 0 bridgehead atoms. The van der Waals surface area contributed by atoms with E-state index in [-0.39, 0.29) is 17.8 Å². The van der Waals surface area contributed by atoms with Crippen LogP contribution in [0.4, 0.5) is 0 Å². The molecule has 1 aromatic carbocycles. The van der Waals surface area contributed by atoms with Gasteiger partial charge in [-0.1, -0.05) is 37.0 Å². The predicted molar refractivity (Wildman–Crippen MR) is 83.9 cm³/mol. The maximum atomic E-state index is 12.6. The smallest absolute Gasteiger partial charge is 0.254 e. The highest BCUT2D eigenvalue weighted by atomic mass is 79.9. The van der Waals surface area contributed by atoms with E-state index in [9.17, 15) is 4.79 Å². The standard InChI is InChI=1S/C13H15Br2N3O2/c14-9-5-8(6-10(15)7-9)13(19)18(11-1-2-11)4-3-12(16)17-20/h5-7,11,20H,1-4H2,(H2,16,17). The van der Waals surface area contributed by atoms with Gasteiger partial charge in [0.25, 0.3) is 5.91 Å². The van der Waals surface area contributed by atoms with Crippen LogP contribution in [0.3, 0.4) is 0 Å². The molecule has 1 amide bonds. The topological polar surface area (TPSA) is 78.9 Å². The number of amides is 1. The van der Waals surface area contributed by atoms with Gasteiger partial charge in [-0.2, -0.15) is 0 Å². The highest BCUT2D eigenvalue weighted by Gasteiger charge is 2.33. The third-order valence-corrected chi connectivity index (χ3v) is 4.01. The average Bonchev–Trinajstić information content (AvgIpc) is 3.21. The van der Waals surface area contributed by atoms with Crippen LogP contribution in [0.15, 0.2) is 32.3 Å². The van der Waals surface area contributed by atoms with Crippen LogP contribution in [0.2, 0.25) is 0 Å². The van der Waals surface area contributed by atoms with Crippen LogP contribution in [-0.2, 0) is 0 Å². The normalized spacial score (nSPS) is 15.2. The lowest BCUT2D eigenvalue weighted by Gasteiger charge is -2.22. The molecule has 0 atom stereocenters. The number of rotatable bonds is 5. The molecule has 0 heterocycles. The minimum atomic E-state index is -0.0276. The van der Waals surface area contributed by atoms with Gasteiger partial charge in [-0.15, -0.1) is 0 Å². The molecule has 0 aromatic heterocycles. The number of amidine groups is 1. The van der Waals surface area contributed by atoms with Crippen LogP contribution in [0.5, 0.6) is 0 Å². The zero-order chi connectivity index (χ0) is 14.7. The van der Waals surface area contributed by atoms with Crippen molar-refractivity contribution in [2.75, 3.05) is 6.54 Å². The average molecular weight is 405 g/mol. The third-order valence-electron chi connectivity index (χ3n) is 3.10. The monoisotopic (exact) mass is 403 g/mol. The van der Waals surface area contributed by atoms with Crippen molar-refractivity contribution in [3.05, 3.63) is 32.7 Å². The molecule has 108 valence electrons. The zero-order valence-electron chi connectivity index (χ0n) is 10.7. The summed E-state index contributed by atoms with van der Waals surface area (Å²) < 4.78 is 1.70. The van der Waals surface area contributed by atoms with Gasteiger partial charge < -0.3 is 15.8 Å². The Kier molecular flexibility index (Phi) is 5.04. The predicted octanol–water partition coefficient (Wildman–Crippen LogP) is 2.95. The van der Waals surface area contributed by atoms with Crippen molar-refractivity contribution >= 4 is 43.6 Å². The van der Waals surface area contributed by atoms with Gasteiger partial charge in [0.15, 0.2) is 0 Å². The first kappa shape index (κ1) is 15.3. The second kappa shape index (κ2) is 6.58. The van der Waals surface area contributed by atoms with E-state index in [0.29, 0.717) is 18.5 Å². The van der Waals surface area contributed by atoms with Crippen LogP contribution in [0.25, 0.3) is 0 Å². The van der Waals surface area contributed by atoms with Crippen LogP contribution in [-0.4, -0.2) is 34.4 Å². The SMILES string of the molecule is N/C(CCN(C(=O)c1cc(Br)cc(Br)c1)C1CC1)=N/O. The number of carbonyl (C=O) groups is 1. The highest BCUT2D eigenvalue weighted by molar-refractivity contribution is 9.11. The van der Waals surface area contributed by atoms with Gasteiger partial charge in [0.2, 0.25) is 0 Å². The molecule has 1 aliphatic rings. The van der Waals surface area contributed by atoms with Gasteiger partial charge in [-0.05, 0) is 31.0 Å². The fourth-order valence-corrected chi connectivity index (χ4v) is 3.26. The van der Waals surface area contributed by atoms with E-state index in [1.54, 1.807) is 17.0 Å². The summed E-state index contributed by atoms with van der Waals surface area (Å²) >= 11 is 6.77. The molecule has 0 saturated heterocycles. The number of oxime groups is 1. The van der Waals surface area contributed by atoms with Crippen LogP contribution < -0.4 is 5.73 Å². The molecular weight excluding hydrogens is 390 g/mol. The number of nitrogens with two attached hydrogens (primary N) is 1. The fourth-order valence-electron chi connectivity index (χ4n) is 1.96. The minimum Gasteiger partial charge on any atom is -0.409 e. The molecule has 1 aromatic rings. The van der Waals surface area contributed by atoms with Gasteiger partial charge in [0.05, 0.1) is 0 Å². The van der Waals surface area contributed by atoms with E-state index in [0.717, 1.165) is 21.8 Å². The Bertz CT molecular complexity index is 524. The highest BCUT2D eigenvalue weighted by Crippen LogP contribution is 2.29. The van der Waals surface area contributed by atoms with Crippen molar-refractivity contribution < 1.29 is 10.0 Å². The Morgan fingerprint density at radius 1 is 1.35 bits per heavy atom. The first-order valence-corrected chi connectivity index (χ1v) is 7.83. The van der Waals surface area contributed by atoms with Gasteiger partial charge in [-0.25, -0.2) is 0 Å². The van der Waals surface area contributed by atoms with E-state index < -0.39 is 0 Å². The summed E-state index contributed by atoms with van der Waals surface area (Å²) in [5, 5.41) is 11.5. The lowest BCUT2D eigenvalue weighted by molar-refractivity contribution is 0.0747. The molecule has 1 saturated carbocycles. The first-order chi connectivity index (χ1) is 9.51. The van der Waals surface area contributed by atoms with Crippen molar-refractivity contribution in [1.29, 1.82) is 0 Å². The number of hydrogen-bond donors (Lipinski definition) is 2. The summed E-state index contributed by atoms with van der Waals surface area (Å²) in [6, 6.07) is 5.75. The third kappa shape index (κ3) is 3.96. The quantitative estimate of drug-likeness (QED) is 0.342. The molecule has 7 heteroatoms. The van der Waals surface area contributed by atoms with E-state index in [1.165, 1.54) is 0 Å². The van der Waals surface area contributed by atoms with Crippen LogP contribution in [0, 0.1) is 0 Å². The van der Waals surface area contributed by atoms with Crippen LogP contribution >= 0.6 is 31.9 Å². The lowest BCUT2D eigenvalue weighted by atomic mass is 10.2. The number of nitrogens with zero attached hydrogens (tertiary/aromatic N) is 2. The Labute approximate surface area is 134 Å². The van der Waals surface area contributed by atoms with Gasteiger partial charge in [0.1, 0.15) is 5.84 Å². The summed E-state index contributed by atoms with van der Waals surface area (Å²) in [6.07, 6.45) is 2.39. The number of halogens is 2. The first-order valence-electron chi connectivity index (χ1n) is 6.24. The molecule has 0 radical (unpaired) electrons. The molecule has 1 fully saturated rings. The molecule has 0 unspecified atom stereocenters. The van der Waals surface area contributed by atoms with Gasteiger partial charge >= 0.3 is 0 Å². The van der Waals surface area contributed by atoms with E-state index in [1.807, 2.05) is 6.07 Å². The van der Waals surface area contributed by atoms with Crippen molar-refractivity contribution in [3.63, 3.8) is 0 Å². The second-order valence-corrected chi connectivity index (χ2v) is 6.56. The largest absolute Gasteiger partial charge is 0.409 e. The minimum absolute atomic E-state index is 0.0276. The maximum Gasteiger partial charge on any atom is 0.254 e. The zero-order valence-corrected chi connectivity index (χ0v) is 13.9. The van der Waals surface area contributed by atoms with Crippen LogP contribution in [0.1, 0.15) is 29.6 Å². The number of carbonyl (C=O) groups excluding carboxylic acids is 1. The molecule has 5 nitrogen and oxygen atoms in total. The molecular formula is C13H15Br2N3O2. The van der Waals surface area contributed by atoms with Crippen molar-refractivity contribution in [1.82, 2.24) is 4.90 Å². The summed E-state index contributed by atoms with van der Waals surface area (Å²) in [5.74, 6) is 0.110. The summed E-state index contributed by atoms with van der Waals surface area (Å²) in [6.45, 7) is 0.462. The van der Waals surface area contributed by atoms with E-state index in [2.05, 4.69) is 37.0 Å². The van der Waals surface area contributed by atoms with Crippen molar-refractivity contribution in [2.24, 2.45) is 10.9 Å². The Morgan fingerprint density at radius 3 is 2.45 bits per heavy atom. The van der Waals surface area contributed by atoms with Gasteiger partial charge in [-0.3, -0.25) is 4.79 Å². The van der Waals surface area contributed by atoms with Gasteiger partial charge in [0, 0.05) is 33.5 Å². The molecule has 1 aliphatic carbocycles. The lowest BCUT2D eigenvalue weighted by Crippen LogP contribution is -2.36. The second-order valence-electron chi connectivity index (χ2n) is 4.73. The van der Waals surface area contributed by atoms with E-state index in [4.69, 9.17) is 10.9 Å². The Balaban J connectivity index is 2.14. The summed E-state index contributed by atoms with van der Waals surface area (Å²) in [4.78, 5) is 14.4. The number of hydrogen-bond acceptors (Lipinski definition) is 3. The fraction of sp³-hybridized carbons (Fsp3) is 0.385. The maximum absolute atomic E-state index is 12.6. The van der Waals surface area contributed by atoms with E-state index >= 15 is 0 Å². The summed E-state index contributed by atoms with van der Waals surface area (Å²) in [5.41, 5.74) is 6.10. The molecule has 20 heavy (non-hydrogen) atoms. The molecule has 2 rings (SSSR count). The Morgan fingerprint density at radius 2 is 1.95 bits per heavy atom.